The molecule has 0 atom stereocenters. The van der Waals surface area contributed by atoms with Crippen molar-refractivity contribution >= 4 is 15.7 Å². The SMILES string of the molecule is CC(C)(C)c1cc(N)nc(S(C)(=O)=O)n1. The summed E-state index contributed by atoms with van der Waals surface area (Å²) in [7, 11) is -3.41. The van der Waals surface area contributed by atoms with E-state index in [9.17, 15) is 8.42 Å². The lowest BCUT2D eigenvalue weighted by molar-refractivity contribution is 0.551. The van der Waals surface area contributed by atoms with E-state index < -0.39 is 9.84 Å². The van der Waals surface area contributed by atoms with Crippen LogP contribution >= 0.6 is 0 Å². The fraction of sp³-hybridized carbons (Fsp3) is 0.556. The van der Waals surface area contributed by atoms with Gasteiger partial charge in [-0.05, 0) is 0 Å². The van der Waals surface area contributed by atoms with Gasteiger partial charge in [0, 0.05) is 17.7 Å². The molecule has 0 aliphatic carbocycles. The number of nitrogen functional groups attached to an aromatic ring is 1. The van der Waals surface area contributed by atoms with Gasteiger partial charge in [0.05, 0.1) is 5.69 Å². The third kappa shape index (κ3) is 2.89. The molecule has 0 saturated carbocycles. The lowest BCUT2D eigenvalue weighted by atomic mass is 9.92. The van der Waals surface area contributed by atoms with E-state index in [4.69, 9.17) is 5.73 Å². The first kappa shape index (κ1) is 11.9. The van der Waals surface area contributed by atoms with Gasteiger partial charge >= 0.3 is 0 Å². The van der Waals surface area contributed by atoms with Crippen molar-refractivity contribution < 1.29 is 8.42 Å². The maximum absolute atomic E-state index is 11.3. The van der Waals surface area contributed by atoms with Crippen LogP contribution in [0.5, 0.6) is 0 Å². The van der Waals surface area contributed by atoms with Crippen LogP contribution in [0.15, 0.2) is 11.2 Å². The van der Waals surface area contributed by atoms with Crippen molar-refractivity contribution in [3.05, 3.63) is 11.8 Å². The first-order valence-electron chi connectivity index (χ1n) is 4.46. The second kappa shape index (κ2) is 3.44. The van der Waals surface area contributed by atoms with E-state index >= 15 is 0 Å². The lowest BCUT2D eigenvalue weighted by Gasteiger charge is -2.18. The van der Waals surface area contributed by atoms with Crippen LogP contribution in [-0.4, -0.2) is 24.6 Å². The summed E-state index contributed by atoms with van der Waals surface area (Å²) in [6, 6.07) is 1.59. The minimum absolute atomic E-state index is 0.176. The molecule has 1 aromatic rings. The average molecular weight is 229 g/mol. The summed E-state index contributed by atoms with van der Waals surface area (Å²) >= 11 is 0. The molecule has 0 radical (unpaired) electrons. The molecular weight excluding hydrogens is 214 g/mol. The molecule has 84 valence electrons. The molecule has 1 aromatic heterocycles. The minimum atomic E-state index is -3.41. The van der Waals surface area contributed by atoms with E-state index in [0.29, 0.717) is 5.69 Å². The summed E-state index contributed by atoms with van der Waals surface area (Å²) < 4.78 is 22.6. The number of nitrogens with zero attached hydrogens (tertiary/aromatic N) is 2. The number of sulfone groups is 1. The number of rotatable bonds is 1. The van der Waals surface area contributed by atoms with E-state index in [0.717, 1.165) is 6.26 Å². The van der Waals surface area contributed by atoms with Gasteiger partial charge in [0.2, 0.25) is 15.0 Å². The number of aromatic nitrogens is 2. The van der Waals surface area contributed by atoms with Crippen molar-refractivity contribution in [3.63, 3.8) is 0 Å². The molecule has 6 heteroatoms. The van der Waals surface area contributed by atoms with Crippen molar-refractivity contribution in [2.45, 2.75) is 31.3 Å². The van der Waals surface area contributed by atoms with E-state index in [1.165, 1.54) is 0 Å². The maximum Gasteiger partial charge on any atom is 0.248 e. The summed E-state index contributed by atoms with van der Waals surface area (Å²) in [5, 5.41) is -0.215. The van der Waals surface area contributed by atoms with Crippen LogP contribution in [0.25, 0.3) is 0 Å². The Kier molecular flexibility index (Phi) is 2.73. The van der Waals surface area contributed by atoms with Gasteiger partial charge in [-0.1, -0.05) is 20.8 Å². The quantitative estimate of drug-likeness (QED) is 0.718. The van der Waals surface area contributed by atoms with Crippen LogP contribution in [0.2, 0.25) is 0 Å². The lowest BCUT2D eigenvalue weighted by Crippen LogP contribution is -2.17. The molecule has 0 fully saturated rings. The van der Waals surface area contributed by atoms with E-state index in [1.54, 1.807) is 6.07 Å². The average Bonchev–Trinajstić information content (AvgIpc) is 1.99. The van der Waals surface area contributed by atoms with E-state index in [1.807, 2.05) is 20.8 Å². The monoisotopic (exact) mass is 229 g/mol. The van der Waals surface area contributed by atoms with Crippen molar-refractivity contribution in [1.29, 1.82) is 0 Å². The normalized spacial score (nSPS) is 12.8. The van der Waals surface area contributed by atoms with Crippen LogP contribution in [0, 0.1) is 0 Å². The molecule has 0 aliphatic rings. The van der Waals surface area contributed by atoms with Gasteiger partial charge in [0.1, 0.15) is 5.82 Å². The zero-order chi connectivity index (χ0) is 11.9. The number of anilines is 1. The van der Waals surface area contributed by atoms with Gasteiger partial charge in [0.25, 0.3) is 0 Å². The van der Waals surface area contributed by atoms with Crippen LogP contribution in [-0.2, 0) is 15.3 Å². The second-order valence-electron chi connectivity index (χ2n) is 4.48. The van der Waals surface area contributed by atoms with Crippen LogP contribution in [0.1, 0.15) is 26.5 Å². The van der Waals surface area contributed by atoms with Crippen molar-refractivity contribution in [3.8, 4) is 0 Å². The molecule has 1 rings (SSSR count). The highest BCUT2D eigenvalue weighted by molar-refractivity contribution is 7.90. The highest BCUT2D eigenvalue weighted by Gasteiger charge is 2.20. The zero-order valence-corrected chi connectivity index (χ0v) is 10.1. The molecule has 0 unspecified atom stereocenters. The van der Waals surface area contributed by atoms with Crippen molar-refractivity contribution in [2.75, 3.05) is 12.0 Å². The number of nitrogens with two attached hydrogens (primary N) is 1. The first-order chi connectivity index (χ1) is 6.60. The van der Waals surface area contributed by atoms with Crippen LogP contribution < -0.4 is 5.73 Å². The summed E-state index contributed by atoms with van der Waals surface area (Å²) in [5.74, 6) is 0.176. The maximum atomic E-state index is 11.3. The molecule has 5 nitrogen and oxygen atoms in total. The Morgan fingerprint density at radius 3 is 2.20 bits per heavy atom. The Hall–Kier alpha value is -1.17. The summed E-state index contributed by atoms with van der Waals surface area (Å²) in [6.45, 7) is 5.79. The summed E-state index contributed by atoms with van der Waals surface area (Å²) in [5.41, 5.74) is 5.90. The van der Waals surface area contributed by atoms with Crippen LogP contribution in [0.3, 0.4) is 0 Å². The second-order valence-corrected chi connectivity index (χ2v) is 6.39. The van der Waals surface area contributed by atoms with Crippen molar-refractivity contribution in [1.82, 2.24) is 9.97 Å². The molecular formula is C9H15N3O2S. The molecule has 0 spiro atoms. The highest BCUT2D eigenvalue weighted by Crippen LogP contribution is 2.22. The molecule has 0 aliphatic heterocycles. The highest BCUT2D eigenvalue weighted by atomic mass is 32.2. The topological polar surface area (TPSA) is 85.9 Å². The predicted molar refractivity (Wildman–Crippen MR) is 58.3 cm³/mol. The molecule has 2 N–H and O–H groups in total. The largest absolute Gasteiger partial charge is 0.384 e. The Bertz CT molecular complexity index is 475. The molecule has 1 heterocycles. The number of hydrogen-bond donors (Lipinski definition) is 1. The Balaban J connectivity index is 3.43. The Morgan fingerprint density at radius 2 is 1.80 bits per heavy atom. The fourth-order valence-corrected chi connectivity index (χ4v) is 1.53. The van der Waals surface area contributed by atoms with E-state index in [-0.39, 0.29) is 16.4 Å². The predicted octanol–water partition coefficient (Wildman–Crippen LogP) is 0.760. The van der Waals surface area contributed by atoms with Crippen LogP contribution in [0.4, 0.5) is 5.82 Å². The molecule has 0 bridgehead atoms. The number of hydrogen-bond acceptors (Lipinski definition) is 5. The Labute approximate surface area is 89.7 Å². The molecule has 15 heavy (non-hydrogen) atoms. The smallest absolute Gasteiger partial charge is 0.248 e. The third-order valence-electron chi connectivity index (χ3n) is 1.83. The van der Waals surface area contributed by atoms with Gasteiger partial charge < -0.3 is 5.73 Å². The van der Waals surface area contributed by atoms with Crippen molar-refractivity contribution in [2.24, 2.45) is 0 Å². The molecule has 0 saturated heterocycles. The minimum Gasteiger partial charge on any atom is -0.384 e. The molecule has 0 amide bonds. The molecule has 0 aromatic carbocycles. The summed E-state index contributed by atoms with van der Waals surface area (Å²) in [6.07, 6.45) is 1.06. The van der Waals surface area contributed by atoms with Gasteiger partial charge in [-0.15, -0.1) is 0 Å². The van der Waals surface area contributed by atoms with Gasteiger partial charge in [-0.3, -0.25) is 0 Å². The van der Waals surface area contributed by atoms with Gasteiger partial charge in [0.15, 0.2) is 0 Å². The van der Waals surface area contributed by atoms with E-state index in [2.05, 4.69) is 9.97 Å². The van der Waals surface area contributed by atoms with Gasteiger partial charge in [-0.25, -0.2) is 18.4 Å². The zero-order valence-electron chi connectivity index (χ0n) is 9.27. The standard InChI is InChI=1S/C9H15N3O2S/c1-9(2,3)6-5-7(10)12-8(11-6)15(4,13)14/h5H,1-4H3,(H2,10,11,12). The fourth-order valence-electron chi connectivity index (χ4n) is 0.993. The van der Waals surface area contributed by atoms with Gasteiger partial charge in [-0.2, -0.15) is 0 Å². The summed E-state index contributed by atoms with van der Waals surface area (Å²) in [4.78, 5) is 7.69. The Morgan fingerprint density at radius 1 is 1.27 bits per heavy atom. The first-order valence-corrected chi connectivity index (χ1v) is 6.35. The third-order valence-corrected chi connectivity index (χ3v) is 2.67.